The Hall–Kier alpha value is -0.740. The third kappa shape index (κ3) is 2.12. The average molecular weight is 282 g/mol. The second-order valence-corrected chi connectivity index (χ2v) is 6.54. The van der Waals surface area contributed by atoms with Crippen LogP contribution >= 0.6 is 23.4 Å². The lowest BCUT2D eigenvalue weighted by molar-refractivity contribution is 0.464. The number of hydrogen-bond acceptors (Lipinski definition) is 3. The predicted molar refractivity (Wildman–Crippen MR) is 77.4 cm³/mol. The highest BCUT2D eigenvalue weighted by molar-refractivity contribution is 7.99. The van der Waals surface area contributed by atoms with E-state index < -0.39 is 0 Å². The van der Waals surface area contributed by atoms with Crippen LogP contribution in [0, 0.1) is 0 Å². The summed E-state index contributed by atoms with van der Waals surface area (Å²) < 4.78 is 2.34. The van der Waals surface area contributed by atoms with Gasteiger partial charge in [0, 0.05) is 12.2 Å². The van der Waals surface area contributed by atoms with Crippen LogP contribution in [0.4, 0.5) is 0 Å². The van der Waals surface area contributed by atoms with Crippen molar-refractivity contribution < 1.29 is 0 Å². The van der Waals surface area contributed by atoms with E-state index in [0.717, 1.165) is 11.3 Å². The number of halogens is 1. The van der Waals surface area contributed by atoms with Crippen LogP contribution in [0.15, 0.2) is 18.5 Å². The average Bonchev–Trinajstić information content (AvgIpc) is 2.79. The Morgan fingerprint density at radius 2 is 2.22 bits per heavy atom. The fourth-order valence-corrected chi connectivity index (χ4v) is 3.81. The van der Waals surface area contributed by atoms with Gasteiger partial charge in [0.05, 0.1) is 17.1 Å². The molecule has 1 aliphatic heterocycles. The Labute approximate surface area is 116 Å². The van der Waals surface area contributed by atoms with Gasteiger partial charge in [0.2, 0.25) is 0 Å². The molecule has 1 atom stereocenters. The van der Waals surface area contributed by atoms with E-state index in [2.05, 4.69) is 14.5 Å². The van der Waals surface area contributed by atoms with Crippen LogP contribution in [0.3, 0.4) is 0 Å². The molecular weight excluding hydrogens is 266 g/mol. The van der Waals surface area contributed by atoms with Gasteiger partial charge < -0.3 is 4.57 Å². The maximum Gasteiger partial charge on any atom is 0.128 e. The zero-order valence-corrected chi connectivity index (χ0v) is 11.9. The normalized spacial score (nSPS) is 19.2. The first-order valence-electron chi connectivity index (χ1n) is 6.31. The number of hydrogen-bond donors (Lipinski definition) is 0. The van der Waals surface area contributed by atoms with Crippen molar-refractivity contribution in [3.63, 3.8) is 0 Å². The summed E-state index contributed by atoms with van der Waals surface area (Å²) in [7, 11) is 0. The van der Waals surface area contributed by atoms with Gasteiger partial charge in [-0.15, -0.1) is 11.6 Å². The van der Waals surface area contributed by atoms with Crippen molar-refractivity contribution in [2.75, 3.05) is 11.5 Å². The van der Waals surface area contributed by atoms with Gasteiger partial charge in [-0.05, 0) is 37.3 Å². The summed E-state index contributed by atoms with van der Waals surface area (Å²) in [5, 5.41) is -0.0630. The molecule has 5 heteroatoms. The molecule has 3 nitrogen and oxygen atoms in total. The van der Waals surface area contributed by atoms with Crippen LogP contribution in [0.5, 0.6) is 0 Å². The fourth-order valence-electron chi connectivity index (χ4n) is 2.58. The van der Waals surface area contributed by atoms with Gasteiger partial charge in [0.1, 0.15) is 11.3 Å². The number of nitrogens with zero attached hydrogens (tertiary/aromatic N) is 3. The summed E-state index contributed by atoms with van der Waals surface area (Å²) in [6.45, 7) is 1.99. The smallest absolute Gasteiger partial charge is 0.128 e. The van der Waals surface area contributed by atoms with Crippen molar-refractivity contribution in [1.82, 2.24) is 14.5 Å². The lowest BCUT2D eigenvalue weighted by Gasteiger charge is -2.25. The summed E-state index contributed by atoms with van der Waals surface area (Å²) in [4.78, 5) is 8.80. The molecule has 0 aliphatic carbocycles. The Kier molecular flexibility index (Phi) is 3.48. The van der Waals surface area contributed by atoms with Crippen molar-refractivity contribution in [2.45, 2.75) is 31.2 Å². The minimum absolute atomic E-state index is 0.0630. The molecular formula is C13H16ClN3S. The highest BCUT2D eigenvalue weighted by Gasteiger charge is 2.23. The van der Waals surface area contributed by atoms with Crippen LogP contribution in [0.25, 0.3) is 11.0 Å². The topological polar surface area (TPSA) is 30.7 Å². The number of fused-ring (bicyclic) bond motifs is 1. The second-order valence-electron chi connectivity index (χ2n) is 4.66. The van der Waals surface area contributed by atoms with Gasteiger partial charge in [-0.3, -0.25) is 4.98 Å². The summed E-state index contributed by atoms with van der Waals surface area (Å²) >= 11 is 8.33. The quantitative estimate of drug-likeness (QED) is 0.785. The van der Waals surface area contributed by atoms with Gasteiger partial charge in [-0.1, -0.05) is 0 Å². The molecule has 0 saturated carbocycles. The highest BCUT2D eigenvalue weighted by atomic mass is 35.5. The lowest BCUT2D eigenvalue weighted by Crippen LogP contribution is -2.17. The Bertz CT molecular complexity index is 546. The largest absolute Gasteiger partial charge is 0.323 e. The monoisotopic (exact) mass is 281 g/mol. The molecule has 0 bridgehead atoms. The van der Waals surface area contributed by atoms with Crippen molar-refractivity contribution in [1.29, 1.82) is 0 Å². The standard InChI is InChI=1S/C13H16ClN3S/c1-9(14)13-16-11-8-15-5-2-12(11)17(13)10-3-6-18-7-4-10/h2,5,8-10H,3-4,6-7H2,1H3. The van der Waals surface area contributed by atoms with E-state index in [0.29, 0.717) is 6.04 Å². The number of pyridine rings is 1. The van der Waals surface area contributed by atoms with Crippen molar-refractivity contribution >= 4 is 34.4 Å². The van der Waals surface area contributed by atoms with Crippen LogP contribution in [-0.4, -0.2) is 26.0 Å². The van der Waals surface area contributed by atoms with Gasteiger partial charge >= 0.3 is 0 Å². The van der Waals surface area contributed by atoms with Crippen molar-refractivity contribution in [3.05, 3.63) is 24.3 Å². The summed E-state index contributed by atoms with van der Waals surface area (Å²) in [5.41, 5.74) is 2.13. The molecule has 2 aromatic rings. The summed E-state index contributed by atoms with van der Waals surface area (Å²) in [5.74, 6) is 3.44. The van der Waals surface area contributed by atoms with Gasteiger partial charge in [-0.25, -0.2) is 4.98 Å². The minimum atomic E-state index is -0.0630. The third-order valence-corrected chi connectivity index (χ3v) is 4.67. The van der Waals surface area contributed by atoms with Gasteiger partial charge in [0.15, 0.2) is 0 Å². The molecule has 1 saturated heterocycles. The predicted octanol–water partition coefficient (Wildman–Crippen LogP) is 3.80. The van der Waals surface area contributed by atoms with Crippen molar-refractivity contribution in [2.24, 2.45) is 0 Å². The maximum absolute atomic E-state index is 6.29. The summed E-state index contributed by atoms with van der Waals surface area (Å²) in [6, 6.07) is 2.59. The van der Waals surface area contributed by atoms with E-state index in [9.17, 15) is 0 Å². The maximum atomic E-state index is 6.29. The minimum Gasteiger partial charge on any atom is -0.323 e. The highest BCUT2D eigenvalue weighted by Crippen LogP contribution is 2.34. The molecule has 0 aromatic carbocycles. The summed E-state index contributed by atoms with van der Waals surface area (Å²) in [6.07, 6.45) is 6.07. The molecule has 96 valence electrons. The molecule has 2 aromatic heterocycles. The van der Waals surface area contributed by atoms with Crippen LogP contribution in [0.2, 0.25) is 0 Å². The fraction of sp³-hybridized carbons (Fsp3) is 0.538. The van der Waals surface area contributed by atoms with E-state index in [1.54, 1.807) is 0 Å². The van der Waals surface area contributed by atoms with Crippen molar-refractivity contribution in [3.8, 4) is 0 Å². The first-order chi connectivity index (χ1) is 8.77. The zero-order valence-electron chi connectivity index (χ0n) is 10.3. The molecule has 0 amide bonds. The number of rotatable bonds is 2. The molecule has 1 aliphatic rings. The first kappa shape index (κ1) is 12.3. The molecule has 0 radical (unpaired) electrons. The van der Waals surface area contributed by atoms with Gasteiger partial charge in [0.25, 0.3) is 0 Å². The molecule has 3 heterocycles. The molecule has 3 rings (SSSR count). The second kappa shape index (κ2) is 5.10. The number of imidazole rings is 1. The van der Waals surface area contributed by atoms with E-state index in [-0.39, 0.29) is 5.38 Å². The molecule has 1 unspecified atom stereocenters. The first-order valence-corrected chi connectivity index (χ1v) is 7.90. The Morgan fingerprint density at radius 3 is 2.94 bits per heavy atom. The zero-order chi connectivity index (χ0) is 12.5. The molecule has 1 fully saturated rings. The Balaban J connectivity index is 2.14. The van der Waals surface area contributed by atoms with Crippen LogP contribution in [0.1, 0.15) is 37.0 Å². The van der Waals surface area contributed by atoms with Crippen LogP contribution in [-0.2, 0) is 0 Å². The van der Waals surface area contributed by atoms with E-state index in [1.165, 1.54) is 29.9 Å². The number of aromatic nitrogens is 3. The van der Waals surface area contributed by atoms with Gasteiger partial charge in [-0.2, -0.15) is 11.8 Å². The van der Waals surface area contributed by atoms with E-state index in [1.807, 2.05) is 37.1 Å². The molecule has 0 N–H and O–H groups in total. The number of thioether (sulfide) groups is 1. The van der Waals surface area contributed by atoms with E-state index >= 15 is 0 Å². The molecule has 18 heavy (non-hydrogen) atoms. The molecule has 0 spiro atoms. The third-order valence-electron chi connectivity index (χ3n) is 3.43. The van der Waals surface area contributed by atoms with Crippen LogP contribution < -0.4 is 0 Å². The number of alkyl halides is 1. The SMILES string of the molecule is CC(Cl)c1nc2cnccc2n1C1CCSCC1. The lowest BCUT2D eigenvalue weighted by atomic mass is 10.1. The van der Waals surface area contributed by atoms with E-state index in [4.69, 9.17) is 11.6 Å². The Morgan fingerprint density at radius 1 is 1.44 bits per heavy atom.